The molecule has 2 rings (SSSR count). The standard InChI is InChI=1S/C17H23FN2S/c1-3-5-15-16(12-19-10-4-2)21-17(20-15)11-13-6-8-14(18)9-7-13/h6-9,19H,3-5,10-12H2,1-2H3. The smallest absolute Gasteiger partial charge is 0.123 e. The van der Waals surface area contributed by atoms with Crippen LogP contribution in [0.3, 0.4) is 0 Å². The first-order chi connectivity index (χ1) is 10.2. The highest BCUT2D eigenvalue weighted by Gasteiger charge is 2.10. The first kappa shape index (κ1) is 16.1. The molecule has 1 aromatic carbocycles. The predicted molar refractivity (Wildman–Crippen MR) is 87.3 cm³/mol. The van der Waals surface area contributed by atoms with E-state index in [2.05, 4.69) is 19.2 Å². The van der Waals surface area contributed by atoms with Gasteiger partial charge in [0, 0.05) is 17.8 Å². The first-order valence-corrected chi connectivity index (χ1v) is 8.47. The Labute approximate surface area is 130 Å². The van der Waals surface area contributed by atoms with E-state index in [4.69, 9.17) is 4.98 Å². The Balaban J connectivity index is 2.08. The number of aryl methyl sites for hydroxylation is 1. The van der Waals surface area contributed by atoms with Crippen molar-refractivity contribution >= 4 is 11.3 Å². The zero-order valence-electron chi connectivity index (χ0n) is 12.8. The summed E-state index contributed by atoms with van der Waals surface area (Å²) in [7, 11) is 0. The van der Waals surface area contributed by atoms with E-state index in [0.717, 1.165) is 49.3 Å². The van der Waals surface area contributed by atoms with Gasteiger partial charge in [-0.3, -0.25) is 0 Å². The van der Waals surface area contributed by atoms with E-state index in [9.17, 15) is 4.39 Å². The third-order valence-electron chi connectivity index (χ3n) is 3.29. The molecule has 2 aromatic rings. The second-order valence-corrected chi connectivity index (χ2v) is 6.38. The first-order valence-electron chi connectivity index (χ1n) is 7.65. The highest BCUT2D eigenvalue weighted by Crippen LogP contribution is 2.22. The Morgan fingerprint density at radius 2 is 1.90 bits per heavy atom. The van der Waals surface area contributed by atoms with E-state index in [0.29, 0.717) is 0 Å². The fourth-order valence-electron chi connectivity index (χ4n) is 2.24. The maximum absolute atomic E-state index is 12.9. The van der Waals surface area contributed by atoms with Crippen LogP contribution in [0.4, 0.5) is 4.39 Å². The van der Waals surface area contributed by atoms with Gasteiger partial charge >= 0.3 is 0 Å². The molecule has 2 nitrogen and oxygen atoms in total. The molecule has 1 heterocycles. The largest absolute Gasteiger partial charge is 0.312 e. The molecule has 0 fully saturated rings. The number of aromatic nitrogens is 1. The van der Waals surface area contributed by atoms with Gasteiger partial charge in [-0.15, -0.1) is 11.3 Å². The van der Waals surface area contributed by atoms with E-state index in [1.165, 1.54) is 22.7 Å². The minimum absolute atomic E-state index is 0.186. The molecule has 0 saturated carbocycles. The zero-order chi connectivity index (χ0) is 15.1. The lowest BCUT2D eigenvalue weighted by molar-refractivity contribution is 0.627. The lowest BCUT2D eigenvalue weighted by atomic mass is 10.1. The van der Waals surface area contributed by atoms with E-state index in [-0.39, 0.29) is 5.82 Å². The molecule has 0 radical (unpaired) electrons. The highest BCUT2D eigenvalue weighted by atomic mass is 32.1. The summed E-state index contributed by atoms with van der Waals surface area (Å²) in [4.78, 5) is 6.13. The molecule has 0 aliphatic heterocycles. The summed E-state index contributed by atoms with van der Waals surface area (Å²) in [5, 5.41) is 4.58. The average Bonchev–Trinajstić information content (AvgIpc) is 2.84. The number of thiazole rings is 1. The van der Waals surface area contributed by atoms with E-state index in [1.54, 1.807) is 11.3 Å². The third kappa shape index (κ3) is 4.90. The fourth-order valence-corrected chi connectivity index (χ4v) is 3.36. The van der Waals surface area contributed by atoms with Gasteiger partial charge in [0.05, 0.1) is 10.7 Å². The van der Waals surface area contributed by atoms with Gasteiger partial charge in [-0.1, -0.05) is 32.4 Å². The predicted octanol–water partition coefficient (Wildman–Crippen LogP) is 4.33. The summed E-state index contributed by atoms with van der Waals surface area (Å²) >= 11 is 1.78. The van der Waals surface area contributed by atoms with E-state index in [1.807, 2.05) is 12.1 Å². The highest BCUT2D eigenvalue weighted by molar-refractivity contribution is 7.11. The molecule has 1 aromatic heterocycles. The van der Waals surface area contributed by atoms with Crippen LogP contribution in [0.15, 0.2) is 24.3 Å². The topological polar surface area (TPSA) is 24.9 Å². The van der Waals surface area contributed by atoms with Gasteiger partial charge in [0.2, 0.25) is 0 Å². The normalized spacial score (nSPS) is 11.0. The quantitative estimate of drug-likeness (QED) is 0.734. The fraction of sp³-hybridized carbons (Fsp3) is 0.471. The van der Waals surface area contributed by atoms with Crippen molar-refractivity contribution in [3.8, 4) is 0 Å². The van der Waals surface area contributed by atoms with Gasteiger partial charge in [-0.05, 0) is 37.1 Å². The van der Waals surface area contributed by atoms with Crippen molar-refractivity contribution in [2.45, 2.75) is 46.1 Å². The Morgan fingerprint density at radius 1 is 1.14 bits per heavy atom. The van der Waals surface area contributed by atoms with E-state index >= 15 is 0 Å². The maximum Gasteiger partial charge on any atom is 0.123 e. The van der Waals surface area contributed by atoms with Crippen LogP contribution >= 0.6 is 11.3 Å². The Hall–Kier alpha value is -1.26. The summed E-state index contributed by atoms with van der Waals surface area (Å²) in [5.41, 5.74) is 2.34. The second-order valence-electron chi connectivity index (χ2n) is 5.21. The summed E-state index contributed by atoms with van der Waals surface area (Å²) < 4.78 is 12.9. The number of benzene rings is 1. The number of halogens is 1. The molecule has 0 unspecified atom stereocenters. The molecule has 0 bridgehead atoms. The molecule has 4 heteroatoms. The van der Waals surface area contributed by atoms with Gasteiger partial charge in [-0.25, -0.2) is 9.37 Å². The molecule has 0 amide bonds. The molecular formula is C17H23FN2S. The lowest BCUT2D eigenvalue weighted by Crippen LogP contribution is -2.13. The molecule has 1 N–H and O–H groups in total. The molecule has 0 aliphatic rings. The number of rotatable bonds is 8. The Bertz CT molecular complexity index is 548. The van der Waals surface area contributed by atoms with Crippen molar-refractivity contribution in [2.75, 3.05) is 6.54 Å². The molecule has 0 atom stereocenters. The Morgan fingerprint density at radius 3 is 2.57 bits per heavy atom. The summed E-state index contributed by atoms with van der Waals surface area (Å²) in [6.07, 6.45) is 4.07. The van der Waals surface area contributed by atoms with Crippen LogP contribution in [-0.4, -0.2) is 11.5 Å². The van der Waals surface area contributed by atoms with Gasteiger partial charge in [0.25, 0.3) is 0 Å². The Kier molecular flexibility index (Phi) is 6.33. The van der Waals surface area contributed by atoms with Gasteiger partial charge in [0.15, 0.2) is 0 Å². The van der Waals surface area contributed by atoms with Gasteiger partial charge < -0.3 is 5.32 Å². The SMILES string of the molecule is CCCNCc1sc(Cc2ccc(F)cc2)nc1CCC. The average molecular weight is 306 g/mol. The van der Waals surface area contributed by atoms with Crippen LogP contribution in [0, 0.1) is 5.82 Å². The molecular weight excluding hydrogens is 283 g/mol. The van der Waals surface area contributed by atoms with Crippen LogP contribution in [0.5, 0.6) is 0 Å². The van der Waals surface area contributed by atoms with Crippen molar-refractivity contribution in [3.63, 3.8) is 0 Å². The summed E-state index contributed by atoms with van der Waals surface area (Å²) in [6.45, 7) is 6.30. The van der Waals surface area contributed by atoms with Crippen LogP contribution < -0.4 is 5.32 Å². The van der Waals surface area contributed by atoms with Gasteiger partial charge in [-0.2, -0.15) is 0 Å². The monoisotopic (exact) mass is 306 g/mol. The molecule has 0 saturated heterocycles. The van der Waals surface area contributed by atoms with Crippen molar-refractivity contribution in [1.82, 2.24) is 10.3 Å². The maximum atomic E-state index is 12.9. The van der Waals surface area contributed by atoms with Crippen molar-refractivity contribution in [2.24, 2.45) is 0 Å². The summed E-state index contributed by atoms with van der Waals surface area (Å²) in [6, 6.07) is 6.70. The van der Waals surface area contributed by atoms with Crippen LogP contribution in [0.25, 0.3) is 0 Å². The molecule has 0 spiro atoms. The van der Waals surface area contributed by atoms with Gasteiger partial charge in [0.1, 0.15) is 5.82 Å². The van der Waals surface area contributed by atoms with Crippen molar-refractivity contribution < 1.29 is 4.39 Å². The number of hydrogen-bond acceptors (Lipinski definition) is 3. The third-order valence-corrected chi connectivity index (χ3v) is 4.39. The van der Waals surface area contributed by atoms with Crippen LogP contribution in [-0.2, 0) is 19.4 Å². The molecule has 0 aliphatic carbocycles. The molecule has 21 heavy (non-hydrogen) atoms. The van der Waals surface area contributed by atoms with E-state index < -0.39 is 0 Å². The van der Waals surface area contributed by atoms with Crippen LogP contribution in [0.2, 0.25) is 0 Å². The number of hydrogen-bond donors (Lipinski definition) is 1. The number of nitrogens with one attached hydrogen (secondary N) is 1. The molecule has 114 valence electrons. The number of nitrogens with zero attached hydrogens (tertiary/aromatic N) is 1. The lowest BCUT2D eigenvalue weighted by Gasteiger charge is -2.02. The minimum Gasteiger partial charge on any atom is -0.312 e. The second kappa shape index (κ2) is 8.25. The minimum atomic E-state index is -0.186. The zero-order valence-corrected chi connectivity index (χ0v) is 13.6. The van der Waals surface area contributed by atoms with Crippen molar-refractivity contribution in [1.29, 1.82) is 0 Å². The van der Waals surface area contributed by atoms with Crippen molar-refractivity contribution in [3.05, 3.63) is 51.2 Å². The summed E-state index contributed by atoms with van der Waals surface area (Å²) in [5.74, 6) is -0.186. The van der Waals surface area contributed by atoms with Crippen LogP contribution in [0.1, 0.15) is 47.8 Å².